The average molecular weight is 220 g/mol. The quantitative estimate of drug-likeness (QED) is 0.656. The molecule has 0 radical (unpaired) electrons. The van der Waals surface area contributed by atoms with Crippen molar-refractivity contribution in [3.8, 4) is 0 Å². The summed E-state index contributed by atoms with van der Waals surface area (Å²) >= 11 is 0. The second-order valence-corrected chi connectivity index (χ2v) is 4.24. The number of hydrogen-bond acceptors (Lipinski definition) is 3. The predicted molar refractivity (Wildman–Crippen MR) is 58.5 cm³/mol. The predicted octanol–water partition coefficient (Wildman–Crippen LogP) is 0.597. The van der Waals surface area contributed by atoms with Crippen molar-refractivity contribution in [1.82, 2.24) is 19.9 Å². The van der Waals surface area contributed by atoms with Gasteiger partial charge in [0.15, 0.2) is 5.65 Å². The number of H-pyrrole nitrogens is 3. The van der Waals surface area contributed by atoms with Gasteiger partial charge in [0.2, 0.25) is 0 Å². The van der Waals surface area contributed by atoms with Crippen LogP contribution in [0.1, 0.15) is 37.4 Å². The van der Waals surface area contributed by atoms with Gasteiger partial charge in [-0.25, -0.2) is 9.78 Å². The number of aromatic amines is 3. The van der Waals surface area contributed by atoms with Crippen LogP contribution >= 0.6 is 0 Å². The molecule has 1 aliphatic rings. The molecule has 84 valence electrons. The van der Waals surface area contributed by atoms with Crippen LogP contribution in [0.25, 0.3) is 11.2 Å². The van der Waals surface area contributed by atoms with Gasteiger partial charge in [-0.15, -0.1) is 0 Å². The normalized spacial score (nSPS) is 17.2. The Morgan fingerprint density at radius 3 is 2.56 bits per heavy atom. The lowest BCUT2D eigenvalue weighted by Gasteiger charge is -2.02. The van der Waals surface area contributed by atoms with Crippen molar-refractivity contribution in [2.24, 2.45) is 0 Å². The highest BCUT2D eigenvalue weighted by Crippen LogP contribution is 2.32. The molecule has 3 rings (SSSR count). The maximum atomic E-state index is 11.5. The summed E-state index contributed by atoms with van der Waals surface area (Å²) in [7, 11) is 0. The number of nitrogens with zero attached hydrogens (tertiary/aromatic N) is 1. The third kappa shape index (κ3) is 1.37. The Labute approximate surface area is 90.1 Å². The zero-order chi connectivity index (χ0) is 11.1. The topological polar surface area (TPSA) is 94.4 Å². The largest absolute Gasteiger partial charge is 0.336 e. The van der Waals surface area contributed by atoms with E-state index in [9.17, 15) is 9.59 Å². The molecular formula is C10H12N4O2. The van der Waals surface area contributed by atoms with Crippen LogP contribution in [-0.4, -0.2) is 19.9 Å². The average Bonchev–Trinajstić information content (AvgIpc) is 2.82. The summed E-state index contributed by atoms with van der Waals surface area (Å²) < 4.78 is 0. The van der Waals surface area contributed by atoms with Gasteiger partial charge in [0.25, 0.3) is 5.56 Å². The molecule has 3 N–H and O–H groups in total. The van der Waals surface area contributed by atoms with Crippen molar-refractivity contribution in [2.45, 2.75) is 31.6 Å². The van der Waals surface area contributed by atoms with Crippen LogP contribution in [0.4, 0.5) is 0 Å². The van der Waals surface area contributed by atoms with Gasteiger partial charge in [-0.05, 0) is 12.8 Å². The molecule has 1 saturated carbocycles. The van der Waals surface area contributed by atoms with E-state index in [1.165, 1.54) is 12.8 Å². The summed E-state index contributed by atoms with van der Waals surface area (Å²) in [5.74, 6) is 1.22. The maximum Gasteiger partial charge on any atom is 0.327 e. The van der Waals surface area contributed by atoms with E-state index in [0.29, 0.717) is 17.1 Å². The van der Waals surface area contributed by atoms with Gasteiger partial charge in [0.1, 0.15) is 11.3 Å². The summed E-state index contributed by atoms with van der Waals surface area (Å²) in [6, 6.07) is 0. The van der Waals surface area contributed by atoms with Crippen molar-refractivity contribution in [3.63, 3.8) is 0 Å². The van der Waals surface area contributed by atoms with E-state index in [4.69, 9.17) is 0 Å². The molecule has 0 saturated heterocycles. The maximum absolute atomic E-state index is 11.5. The summed E-state index contributed by atoms with van der Waals surface area (Å²) in [5, 5.41) is 0. The molecule has 0 unspecified atom stereocenters. The van der Waals surface area contributed by atoms with E-state index < -0.39 is 11.2 Å². The smallest absolute Gasteiger partial charge is 0.327 e. The van der Waals surface area contributed by atoms with Crippen molar-refractivity contribution < 1.29 is 0 Å². The molecule has 0 spiro atoms. The third-order valence-corrected chi connectivity index (χ3v) is 3.15. The molecule has 1 aliphatic carbocycles. The van der Waals surface area contributed by atoms with E-state index >= 15 is 0 Å². The van der Waals surface area contributed by atoms with E-state index in [1.807, 2.05) is 0 Å². The molecule has 6 heteroatoms. The highest BCUT2D eigenvalue weighted by Gasteiger charge is 2.21. The lowest BCUT2D eigenvalue weighted by molar-refractivity contribution is 0.681. The Balaban J connectivity index is 2.18. The zero-order valence-electron chi connectivity index (χ0n) is 8.67. The number of rotatable bonds is 1. The van der Waals surface area contributed by atoms with E-state index in [2.05, 4.69) is 19.9 Å². The molecule has 0 amide bonds. The van der Waals surface area contributed by atoms with Gasteiger partial charge in [0.05, 0.1) is 0 Å². The van der Waals surface area contributed by atoms with Crippen molar-refractivity contribution in [1.29, 1.82) is 0 Å². The van der Waals surface area contributed by atoms with Crippen LogP contribution in [0.5, 0.6) is 0 Å². The number of nitrogens with one attached hydrogen (secondary N) is 3. The van der Waals surface area contributed by atoms with Crippen LogP contribution in [0.15, 0.2) is 9.59 Å². The van der Waals surface area contributed by atoms with Crippen LogP contribution < -0.4 is 11.2 Å². The third-order valence-electron chi connectivity index (χ3n) is 3.15. The monoisotopic (exact) mass is 220 g/mol. The molecule has 0 atom stereocenters. The molecule has 2 heterocycles. The Morgan fingerprint density at radius 2 is 1.81 bits per heavy atom. The standard InChI is InChI=1S/C10H12N4O2/c15-9-6-8(13-10(16)14-9)12-7(11-6)5-3-1-2-4-5/h5H,1-4H2,(H3,11,12,13,14,15,16). The van der Waals surface area contributed by atoms with Crippen LogP contribution in [-0.2, 0) is 0 Å². The van der Waals surface area contributed by atoms with E-state index in [-0.39, 0.29) is 0 Å². The van der Waals surface area contributed by atoms with Crippen LogP contribution in [0.2, 0.25) is 0 Å². The fourth-order valence-electron chi connectivity index (χ4n) is 2.34. The summed E-state index contributed by atoms with van der Waals surface area (Å²) in [5.41, 5.74) is -0.199. The molecule has 16 heavy (non-hydrogen) atoms. The van der Waals surface area contributed by atoms with E-state index in [0.717, 1.165) is 18.7 Å². The molecule has 0 aliphatic heterocycles. The van der Waals surface area contributed by atoms with Gasteiger partial charge in [-0.2, -0.15) is 0 Å². The van der Waals surface area contributed by atoms with Gasteiger partial charge in [-0.1, -0.05) is 12.8 Å². The summed E-state index contributed by atoms with van der Waals surface area (Å²) in [4.78, 5) is 34.5. The Kier molecular flexibility index (Phi) is 1.95. The number of aromatic nitrogens is 4. The number of fused-ring (bicyclic) bond motifs is 1. The second kappa shape index (κ2) is 3.33. The minimum absolute atomic E-state index is 0.357. The lowest BCUT2D eigenvalue weighted by atomic mass is 10.1. The highest BCUT2D eigenvalue weighted by molar-refractivity contribution is 5.68. The first kappa shape index (κ1) is 9.38. The molecule has 0 bridgehead atoms. The molecule has 0 aromatic carbocycles. The number of hydrogen-bond donors (Lipinski definition) is 3. The van der Waals surface area contributed by atoms with Gasteiger partial charge in [-0.3, -0.25) is 14.8 Å². The number of imidazole rings is 1. The fraction of sp³-hybridized carbons (Fsp3) is 0.500. The first-order chi connectivity index (χ1) is 7.74. The molecule has 2 aromatic heterocycles. The van der Waals surface area contributed by atoms with Gasteiger partial charge < -0.3 is 4.98 Å². The first-order valence-corrected chi connectivity index (χ1v) is 5.46. The van der Waals surface area contributed by atoms with Crippen molar-refractivity contribution in [2.75, 3.05) is 0 Å². The van der Waals surface area contributed by atoms with Crippen molar-refractivity contribution >= 4 is 11.2 Å². The summed E-state index contributed by atoms with van der Waals surface area (Å²) in [6.45, 7) is 0. The summed E-state index contributed by atoms with van der Waals surface area (Å²) in [6.07, 6.45) is 4.60. The minimum Gasteiger partial charge on any atom is -0.336 e. The van der Waals surface area contributed by atoms with Crippen LogP contribution in [0, 0.1) is 0 Å². The molecular weight excluding hydrogens is 208 g/mol. The van der Waals surface area contributed by atoms with Gasteiger partial charge in [0, 0.05) is 5.92 Å². The van der Waals surface area contributed by atoms with Crippen molar-refractivity contribution in [3.05, 3.63) is 26.7 Å². The SMILES string of the molecule is O=c1[nH]c(=O)c2[nH]c(C3CCCC3)nc2[nH]1. The van der Waals surface area contributed by atoms with E-state index in [1.54, 1.807) is 0 Å². The Hall–Kier alpha value is -1.85. The zero-order valence-corrected chi connectivity index (χ0v) is 8.67. The molecule has 2 aromatic rings. The Bertz CT molecular complexity index is 630. The van der Waals surface area contributed by atoms with Crippen LogP contribution in [0.3, 0.4) is 0 Å². The Morgan fingerprint density at radius 1 is 1.06 bits per heavy atom. The van der Waals surface area contributed by atoms with Gasteiger partial charge >= 0.3 is 5.69 Å². The lowest BCUT2D eigenvalue weighted by Crippen LogP contribution is -2.21. The second-order valence-electron chi connectivity index (χ2n) is 4.24. The minimum atomic E-state index is -0.512. The first-order valence-electron chi connectivity index (χ1n) is 5.46. The molecule has 6 nitrogen and oxygen atoms in total. The highest BCUT2D eigenvalue weighted by atomic mass is 16.2. The molecule has 1 fully saturated rings. The fourth-order valence-corrected chi connectivity index (χ4v) is 2.34.